The number of nitrogens with two attached hydrogens (primary N) is 3. The van der Waals surface area contributed by atoms with Crippen LogP contribution in [0.15, 0.2) is 0 Å². The van der Waals surface area contributed by atoms with Crippen LogP contribution < -0.4 is 22.5 Å². The average Bonchev–Trinajstić information content (AvgIpc) is 2.14. The number of hydrogen-bond acceptors (Lipinski definition) is 4. The van der Waals surface area contributed by atoms with Crippen molar-refractivity contribution in [1.82, 2.24) is 5.32 Å². The van der Waals surface area contributed by atoms with Crippen molar-refractivity contribution in [3.8, 4) is 0 Å². The fourth-order valence-corrected chi connectivity index (χ4v) is 0.914. The second-order valence-electron chi connectivity index (χ2n) is 2.97. The molecule has 5 nitrogen and oxygen atoms in total. The number of carbonyl (C=O) groups is 1. The van der Waals surface area contributed by atoms with E-state index in [-0.39, 0.29) is 5.91 Å². The second-order valence-corrected chi connectivity index (χ2v) is 2.97. The topological polar surface area (TPSA) is 107 Å². The molecule has 0 radical (unpaired) electrons. The fraction of sp³-hybridized carbons (Fsp3) is 0.875. The Hall–Kier alpha value is -0.650. The smallest absolute Gasteiger partial charge is 0.236 e. The molecule has 7 N–H and O–H groups in total. The summed E-state index contributed by atoms with van der Waals surface area (Å²) >= 11 is 0. The van der Waals surface area contributed by atoms with Crippen LogP contribution in [0.3, 0.4) is 0 Å². The third-order valence-corrected chi connectivity index (χ3v) is 1.74. The first kappa shape index (κ1) is 12.3. The molecule has 0 aliphatic carbocycles. The molecule has 0 aromatic heterocycles. The van der Waals surface area contributed by atoms with Gasteiger partial charge in [0.25, 0.3) is 0 Å². The minimum absolute atomic E-state index is 0.109. The van der Waals surface area contributed by atoms with Gasteiger partial charge in [0.1, 0.15) is 0 Å². The maximum Gasteiger partial charge on any atom is 0.236 e. The highest BCUT2D eigenvalue weighted by atomic mass is 16.2. The molecule has 13 heavy (non-hydrogen) atoms. The third kappa shape index (κ3) is 6.51. The van der Waals surface area contributed by atoms with Crippen molar-refractivity contribution in [2.24, 2.45) is 17.2 Å². The van der Waals surface area contributed by atoms with Gasteiger partial charge < -0.3 is 22.5 Å². The Balaban J connectivity index is 3.45. The van der Waals surface area contributed by atoms with E-state index in [0.29, 0.717) is 26.1 Å². The molecule has 0 bridgehead atoms. The molecule has 1 amide bonds. The molecule has 0 rings (SSSR count). The van der Waals surface area contributed by atoms with Gasteiger partial charge in [-0.25, -0.2) is 0 Å². The Bertz CT molecular complexity index is 140. The van der Waals surface area contributed by atoms with Gasteiger partial charge in [-0.1, -0.05) is 0 Å². The SMILES string of the molecule is NCCCNC(=O)[C@H](N)CCCN. The number of hydrogen-bond donors (Lipinski definition) is 4. The summed E-state index contributed by atoms with van der Waals surface area (Å²) in [4.78, 5) is 11.2. The minimum atomic E-state index is -0.429. The van der Waals surface area contributed by atoms with Crippen molar-refractivity contribution in [1.29, 1.82) is 0 Å². The molecule has 0 saturated carbocycles. The van der Waals surface area contributed by atoms with Gasteiger partial charge in [0.05, 0.1) is 6.04 Å². The molecule has 0 heterocycles. The van der Waals surface area contributed by atoms with E-state index < -0.39 is 6.04 Å². The van der Waals surface area contributed by atoms with Crippen LogP contribution in [0.1, 0.15) is 19.3 Å². The van der Waals surface area contributed by atoms with Crippen LogP contribution in [0.2, 0.25) is 0 Å². The van der Waals surface area contributed by atoms with E-state index in [9.17, 15) is 4.79 Å². The van der Waals surface area contributed by atoms with Crippen LogP contribution in [0.25, 0.3) is 0 Å². The Morgan fingerprint density at radius 1 is 1.23 bits per heavy atom. The predicted molar refractivity (Wildman–Crippen MR) is 52.9 cm³/mol. The Morgan fingerprint density at radius 3 is 2.38 bits per heavy atom. The van der Waals surface area contributed by atoms with Gasteiger partial charge in [-0.2, -0.15) is 0 Å². The summed E-state index contributed by atoms with van der Waals surface area (Å²) in [6.45, 7) is 1.76. The first-order valence-corrected chi connectivity index (χ1v) is 4.65. The van der Waals surface area contributed by atoms with Crippen LogP contribution in [0, 0.1) is 0 Å². The lowest BCUT2D eigenvalue weighted by Gasteiger charge is -2.10. The van der Waals surface area contributed by atoms with E-state index in [2.05, 4.69) is 5.32 Å². The lowest BCUT2D eigenvalue weighted by atomic mass is 10.1. The standard InChI is InChI=1S/C8H20N4O/c9-4-1-3-7(11)8(13)12-6-2-5-10/h7H,1-6,9-11H2,(H,12,13)/t7-/m1/s1. The zero-order chi connectivity index (χ0) is 10.1. The fourth-order valence-electron chi connectivity index (χ4n) is 0.914. The second kappa shape index (κ2) is 7.97. The van der Waals surface area contributed by atoms with Crippen molar-refractivity contribution in [2.45, 2.75) is 25.3 Å². The first-order valence-electron chi connectivity index (χ1n) is 4.65. The molecule has 78 valence electrons. The number of carbonyl (C=O) groups excluding carboxylic acids is 1. The van der Waals surface area contributed by atoms with E-state index in [4.69, 9.17) is 17.2 Å². The Morgan fingerprint density at radius 2 is 1.85 bits per heavy atom. The summed E-state index contributed by atoms with van der Waals surface area (Å²) in [5.41, 5.74) is 16.2. The molecule has 0 spiro atoms. The molecule has 0 aromatic rings. The highest BCUT2D eigenvalue weighted by molar-refractivity contribution is 5.81. The van der Waals surface area contributed by atoms with Gasteiger partial charge in [-0.05, 0) is 32.4 Å². The van der Waals surface area contributed by atoms with E-state index in [1.165, 1.54) is 0 Å². The van der Waals surface area contributed by atoms with Crippen LogP contribution in [-0.4, -0.2) is 31.6 Å². The summed E-state index contributed by atoms with van der Waals surface area (Å²) < 4.78 is 0. The molecule has 0 aromatic carbocycles. The maximum atomic E-state index is 11.2. The zero-order valence-electron chi connectivity index (χ0n) is 7.96. The molecule has 5 heteroatoms. The van der Waals surface area contributed by atoms with Crippen molar-refractivity contribution >= 4 is 5.91 Å². The van der Waals surface area contributed by atoms with E-state index in [1.54, 1.807) is 0 Å². The van der Waals surface area contributed by atoms with Crippen LogP contribution in [0.4, 0.5) is 0 Å². The van der Waals surface area contributed by atoms with E-state index in [0.717, 1.165) is 12.8 Å². The van der Waals surface area contributed by atoms with Gasteiger partial charge in [0.15, 0.2) is 0 Å². The first-order chi connectivity index (χ1) is 6.22. The molecule has 0 aliphatic rings. The van der Waals surface area contributed by atoms with Gasteiger partial charge >= 0.3 is 0 Å². The summed E-state index contributed by atoms with van der Waals surface area (Å²) in [5, 5.41) is 2.71. The number of amides is 1. The van der Waals surface area contributed by atoms with Crippen LogP contribution in [-0.2, 0) is 4.79 Å². The lowest BCUT2D eigenvalue weighted by molar-refractivity contribution is -0.122. The highest BCUT2D eigenvalue weighted by Crippen LogP contribution is 1.92. The quantitative estimate of drug-likeness (QED) is 0.365. The van der Waals surface area contributed by atoms with Crippen molar-refractivity contribution in [2.75, 3.05) is 19.6 Å². The number of rotatable bonds is 7. The molecule has 0 saturated heterocycles. The molecule has 0 aliphatic heterocycles. The number of nitrogens with one attached hydrogen (secondary N) is 1. The summed E-state index contributed by atoms with van der Waals surface area (Å²) in [6.07, 6.45) is 2.21. The van der Waals surface area contributed by atoms with Gasteiger partial charge in [-0.15, -0.1) is 0 Å². The largest absolute Gasteiger partial charge is 0.355 e. The lowest BCUT2D eigenvalue weighted by Crippen LogP contribution is -2.41. The van der Waals surface area contributed by atoms with Gasteiger partial charge in [0, 0.05) is 6.54 Å². The summed E-state index contributed by atoms with van der Waals surface area (Å²) in [5.74, 6) is -0.109. The minimum Gasteiger partial charge on any atom is -0.355 e. The molecule has 0 unspecified atom stereocenters. The molecular formula is C8H20N4O. The van der Waals surface area contributed by atoms with Gasteiger partial charge in [-0.3, -0.25) is 4.79 Å². The highest BCUT2D eigenvalue weighted by Gasteiger charge is 2.10. The summed E-state index contributed by atoms with van der Waals surface area (Å²) in [7, 11) is 0. The molecule has 0 fully saturated rings. The molecule has 1 atom stereocenters. The van der Waals surface area contributed by atoms with Crippen LogP contribution in [0.5, 0.6) is 0 Å². The van der Waals surface area contributed by atoms with Crippen molar-refractivity contribution < 1.29 is 4.79 Å². The normalized spacial score (nSPS) is 12.5. The summed E-state index contributed by atoms with van der Waals surface area (Å²) in [6, 6.07) is -0.429. The monoisotopic (exact) mass is 188 g/mol. The zero-order valence-corrected chi connectivity index (χ0v) is 7.96. The Labute approximate surface area is 79.0 Å². The van der Waals surface area contributed by atoms with Gasteiger partial charge in [0.2, 0.25) is 5.91 Å². The Kier molecular flexibility index (Phi) is 7.57. The van der Waals surface area contributed by atoms with Crippen molar-refractivity contribution in [3.05, 3.63) is 0 Å². The third-order valence-electron chi connectivity index (χ3n) is 1.74. The molecular weight excluding hydrogens is 168 g/mol. The van der Waals surface area contributed by atoms with E-state index in [1.807, 2.05) is 0 Å². The maximum absolute atomic E-state index is 11.2. The van der Waals surface area contributed by atoms with Crippen LogP contribution >= 0.6 is 0 Å². The van der Waals surface area contributed by atoms with E-state index >= 15 is 0 Å². The average molecular weight is 188 g/mol. The predicted octanol–water partition coefficient (Wildman–Crippen LogP) is -1.48. The van der Waals surface area contributed by atoms with Crippen molar-refractivity contribution in [3.63, 3.8) is 0 Å².